The van der Waals surface area contributed by atoms with E-state index >= 15 is 0 Å². The molecule has 9 rings (SSSR count). The average molecular weight is 585 g/mol. The lowest BCUT2D eigenvalue weighted by atomic mass is 9.49. The second-order valence-corrected chi connectivity index (χ2v) is 16.9. The first-order valence-corrected chi connectivity index (χ1v) is 17.5. The number of benzene rings is 1. The molecule has 7 fully saturated rings. The highest BCUT2D eigenvalue weighted by molar-refractivity contribution is 5.89. The molecule has 0 aliphatic heterocycles. The molecule has 7 saturated carbocycles. The predicted molar refractivity (Wildman–Crippen MR) is 170 cm³/mol. The molecule has 8 aliphatic carbocycles. The smallest absolute Gasteiger partial charge is 0.321 e. The standard InChI is InChI=1S/C38H52N2O3/c1-35-13-10-30(41)19-28(35)8-9-31-32(35)11-14-36(2)33(31)12-15-38(36,43)24-40(34(42)39-29-6-4-3-5-7-29)23-37-20-25-16-26(21-37)18-27(17-25)22-37/h3-9,25-27,30,32-33,41,43H,10-24H2,1-2H3,(H,39,42)/t25?,26?,27?,30-,32-,33-,35-,36-,37?,38+/m0/s1. The third-order valence-corrected chi connectivity index (χ3v) is 14.3. The van der Waals surface area contributed by atoms with Crippen LogP contribution >= 0.6 is 0 Å². The first-order chi connectivity index (χ1) is 20.6. The van der Waals surface area contributed by atoms with Crippen molar-refractivity contribution in [3.05, 3.63) is 53.6 Å². The fourth-order valence-electron chi connectivity index (χ4n) is 12.5. The Hall–Kier alpha value is -2.11. The van der Waals surface area contributed by atoms with Gasteiger partial charge in [0.2, 0.25) is 0 Å². The van der Waals surface area contributed by atoms with Crippen molar-refractivity contribution < 1.29 is 15.0 Å². The number of amides is 2. The van der Waals surface area contributed by atoms with Crippen molar-refractivity contribution in [2.75, 3.05) is 18.4 Å². The second kappa shape index (κ2) is 9.94. The number of anilines is 1. The summed E-state index contributed by atoms with van der Waals surface area (Å²) in [7, 11) is 0. The molecule has 0 saturated heterocycles. The molecular weight excluding hydrogens is 532 g/mol. The molecular formula is C38H52N2O3. The molecule has 1 aromatic carbocycles. The van der Waals surface area contributed by atoms with E-state index in [1.165, 1.54) is 49.7 Å². The van der Waals surface area contributed by atoms with Crippen LogP contribution in [0.1, 0.15) is 97.3 Å². The van der Waals surface area contributed by atoms with E-state index in [2.05, 4.69) is 36.2 Å². The van der Waals surface area contributed by atoms with Crippen LogP contribution in [0.3, 0.4) is 0 Å². The van der Waals surface area contributed by atoms with Crippen LogP contribution in [0.4, 0.5) is 10.5 Å². The molecule has 6 atom stereocenters. The molecule has 0 aromatic heterocycles. The van der Waals surface area contributed by atoms with Gasteiger partial charge >= 0.3 is 6.03 Å². The van der Waals surface area contributed by atoms with Gasteiger partial charge in [-0.15, -0.1) is 0 Å². The molecule has 3 N–H and O–H groups in total. The normalized spacial score (nSPS) is 45.9. The number of rotatable bonds is 5. The van der Waals surface area contributed by atoms with Crippen molar-refractivity contribution in [2.45, 2.75) is 109 Å². The Balaban J connectivity index is 1.08. The molecule has 43 heavy (non-hydrogen) atoms. The van der Waals surface area contributed by atoms with E-state index in [0.29, 0.717) is 18.4 Å². The van der Waals surface area contributed by atoms with E-state index in [9.17, 15) is 15.0 Å². The summed E-state index contributed by atoms with van der Waals surface area (Å²) in [5.74, 6) is 3.34. The number of aliphatic hydroxyl groups excluding tert-OH is 1. The summed E-state index contributed by atoms with van der Waals surface area (Å²) in [5, 5.41) is 26.4. The highest BCUT2D eigenvalue weighted by Crippen LogP contribution is 2.66. The van der Waals surface area contributed by atoms with Crippen molar-refractivity contribution in [3.8, 4) is 0 Å². The third kappa shape index (κ3) is 4.49. The molecule has 5 nitrogen and oxygen atoms in total. The maximum absolute atomic E-state index is 14.1. The zero-order valence-electron chi connectivity index (χ0n) is 26.4. The molecule has 0 heterocycles. The monoisotopic (exact) mass is 584 g/mol. The van der Waals surface area contributed by atoms with Gasteiger partial charge in [0.1, 0.15) is 0 Å². The number of para-hydroxylation sites is 1. The summed E-state index contributed by atoms with van der Waals surface area (Å²) < 4.78 is 0. The number of nitrogens with one attached hydrogen (secondary N) is 1. The van der Waals surface area contributed by atoms with Crippen LogP contribution in [0.25, 0.3) is 0 Å². The van der Waals surface area contributed by atoms with Gasteiger partial charge in [-0.25, -0.2) is 4.79 Å². The number of fused-ring (bicyclic) bond motifs is 5. The SMILES string of the molecule is C[C@]12CC[C@H](O)CC1=CC=C1[C@@H]2CC[C@@]2(C)[C@H]1CC[C@@]2(O)CN(CC12CC3CC(CC(C3)C1)C2)C(=O)Nc1ccccc1. The highest BCUT2D eigenvalue weighted by Gasteiger charge is 2.63. The second-order valence-electron chi connectivity index (χ2n) is 16.9. The van der Waals surface area contributed by atoms with Gasteiger partial charge in [0.15, 0.2) is 0 Å². The molecule has 232 valence electrons. The van der Waals surface area contributed by atoms with Crippen LogP contribution in [-0.4, -0.2) is 45.9 Å². The van der Waals surface area contributed by atoms with Crippen LogP contribution in [0.5, 0.6) is 0 Å². The summed E-state index contributed by atoms with van der Waals surface area (Å²) in [4.78, 5) is 16.2. The van der Waals surface area contributed by atoms with E-state index in [0.717, 1.165) is 74.9 Å². The number of carbonyl (C=O) groups excluding carboxylic acids is 1. The van der Waals surface area contributed by atoms with Gasteiger partial charge in [-0.05, 0) is 136 Å². The molecule has 4 bridgehead atoms. The van der Waals surface area contributed by atoms with Crippen LogP contribution in [0.2, 0.25) is 0 Å². The summed E-state index contributed by atoms with van der Waals surface area (Å²) in [6, 6.07) is 9.80. The number of hydrogen-bond donors (Lipinski definition) is 3. The summed E-state index contributed by atoms with van der Waals surface area (Å²) >= 11 is 0. The lowest BCUT2D eigenvalue weighted by Gasteiger charge is -2.59. The molecule has 5 heteroatoms. The number of urea groups is 1. The van der Waals surface area contributed by atoms with E-state index in [4.69, 9.17) is 0 Å². The van der Waals surface area contributed by atoms with E-state index in [-0.39, 0.29) is 28.4 Å². The number of aliphatic hydroxyl groups is 2. The number of hydrogen-bond acceptors (Lipinski definition) is 3. The molecule has 8 aliphatic rings. The Morgan fingerprint density at radius 1 is 0.884 bits per heavy atom. The quantitative estimate of drug-likeness (QED) is 0.332. The minimum absolute atomic E-state index is 0.0474. The Morgan fingerprint density at radius 2 is 1.56 bits per heavy atom. The number of allylic oxidation sites excluding steroid dienone is 3. The lowest BCUT2D eigenvalue weighted by Crippen LogP contribution is -2.59. The van der Waals surface area contributed by atoms with E-state index in [1.807, 2.05) is 30.3 Å². The van der Waals surface area contributed by atoms with Crippen LogP contribution in [0, 0.1) is 45.8 Å². The summed E-state index contributed by atoms with van der Waals surface area (Å²) in [5.41, 5.74) is 2.97. The largest absolute Gasteiger partial charge is 0.393 e. The Bertz CT molecular complexity index is 1300. The van der Waals surface area contributed by atoms with Crippen molar-refractivity contribution in [2.24, 2.45) is 45.8 Å². The first-order valence-electron chi connectivity index (χ1n) is 17.5. The van der Waals surface area contributed by atoms with Crippen LogP contribution in [0.15, 0.2) is 53.6 Å². The minimum atomic E-state index is -0.909. The zero-order valence-corrected chi connectivity index (χ0v) is 26.4. The fraction of sp³-hybridized carbons (Fsp3) is 0.711. The van der Waals surface area contributed by atoms with Crippen LogP contribution < -0.4 is 5.32 Å². The summed E-state index contributed by atoms with van der Waals surface area (Å²) in [6.07, 6.45) is 19.0. The van der Waals surface area contributed by atoms with Gasteiger partial charge in [0.05, 0.1) is 18.2 Å². The van der Waals surface area contributed by atoms with Gasteiger partial charge in [-0.1, -0.05) is 55.3 Å². The maximum atomic E-state index is 14.1. The van der Waals surface area contributed by atoms with Gasteiger partial charge in [-0.2, -0.15) is 0 Å². The number of nitrogens with zero attached hydrogens (tertiary/aromatic N) is 1. The van der Waals surface area contributed by atoms with Crippen molar-refractivity contribution in [1.29, 1.82) is 0 Å². The van der Waals surface area contributed by atoms with Crippen molar-refractivity contribution in [3.63, 3.8) is 0 Å². The topological polar surface area (TPSA) is 72.8 Å². The van der Waals surface area contributed by atoms with Gasteiger partial charge < -0.3 is 20.4 Å². The zero-order chi connectivity index (χ0) is 29.6. The molecule has 2 amide bonds. The van der Waals surface area contributed by atoms with Gasteiger partial charge in [-0.3, -0.25) is 0 Å². The summed E-state index contributed by atoms with van der Waals surface area (Å²) in [6.45, 7) is 5.97. The van der Waals surface area contributed by atoms with E-state index in [1.54, 1.807) is 0 Å². The predicted octanol–water partition coefficient (Wildman–Crippen LogP) is 7.71. The minimum Gasteiger partial charge on any atom is -0.393 e. The highest BCUT2D eigenvalue weighted by atomic mass is 16.3. The molecule has 0 radical (unpaired) electrons. The lowest BCUT2D eigenvalue weighted by molar-refractivity contribution is -0.109. The average Bonchev–Trinajstić information content (AvgIpc) is 3.23. The fourth-order valence-corrected chi connectivity index (χ4v) is 12.5. The van der Waals surface area contributed by atoms with Crippen LogP contribution in [-0.2, 0) is 0 Å². The van der Waals surface area contributed by atoms with E-state index < -0.39 is 5.60 Å². The third-order valence-electron chi connectivity index (χ3n) is 14.3. The van der Waals surface area contributed by atoms with Crippen molar-refractivity contribution in [1.82, 2.24) is 4.90 Å². The van der Waals surface area contributed by atoms with Gasteiger partial charge in [0.25, 0.3) is 0 Å². The van der Waals surface area contributed by atoms with Crippen molar-refractivity contribution >= 4 is 11.7 Å². The Kier molecular flexibility index (Phi) is 6.56. The molecule has 1 aromatic rings. The first kappa shape index (κ1) is 28.4. The molecule has 0 spiro atoms. The Morgan fingerprint density at radius 3 is 2.26 bits per heavy atom. The Labute approximate surface area is 258 Å². The maximum Gasteiger partial charge on any atom is 0.321 e. The molecule has 0 unspecified atom stereocenters. The number of carbonyl (C=O) groups is 1. The van der Waals surface area contributed by atoms with Gasteiger partial charge in [0, 0.05) is 17.6 Å².